The number of hydrogen-bond donors (Lipinski definition) is 2. The predicted octanol–water partition coefficient (Wildman–Crippen LogP) is 1.95. The lowest BCUT2D eigenvalue weighted by Crippen LogP contribution is -2.10. The molecule has 1 aromatic carbocycles. The average Bonchev–Trinajstić information content (AvgIpc) is 2.09. The van der Waals surface area contributed by atoms with Gasteiger partial charge in [-0.05, 0) is 37.7 Å². The Hall–Kier alpha value is -0.800. The number of phenolic OH excluding ortho intramolecular Hbond substituents is 1. The lowest BCUT2D eigenvalue weighted by Gasteiger charge is -2.05. The Balaban J connectivity index is 2.92. The molecule has 1 rings (SSSR count). The third kappa shape index (κ3) is 2.57. The second-order valence-electron chi connectivity index (χ2n) is 2.75. The van der Waals surface area contributed by atoms with E-state index in [1.807, 2.05) is 0 Å². The van der Waals surface area contributed by atoms with Crippen LogP contribution in [0.3, 0.4) is 0 Å². The van der Waals surface area contributed by atoms with Crippen molar-refractivity contribution in [2.45, 2.75) is 6.42 Å². The Kier molecular flexibility index (Phi) is 3.51. The molecule has 0 saturated carbocycles. The van der Waals surface area contributed by atoms with Crippen LogP contribution in [-0.4, -0.2) is 18.7 Å². The molecule has 2 N–H and O–H groups in total. The van der Waals surface area contributed by atoms with Gasteiger partial charge < -0.3 is 10.4 Å². The van der Waals surface area contributed by atoms with Crippen LogP contribution < -0.4 is 5.32 Å². The maximum atomic E-state index is 12.8. The van der Waals surface area contributed by atoms with E-state index in [1.165, 1.54) is 6.07 Å². The van der Waals surface area contributed by atoms with E-state index in [0.717, 1.165) is 6.07 Å². The number of nitrogens with one attached hydrogen (secondary N) is 1. The maximum Gasteiger partial charge on any atom is 0.137 e. The van der Waals surface area contributed by atoms with Gasteiger partial charge >= 0.3 is 0 Å². The predicted molar refractivity (Wildman–Crippen MR) is 50.7 cm³/mol. The highest BCUT2D eigenvalue weighted by atomic mass is 35.5. The Morgan fingerprint density at radius 3 is 2.85 bits per heavy atom. The summed E-state index contributed by atoms with van der Waals surface area (Å²) in [5.74, 6) is -0.452. The fourth-order valence-corrected chi connectivity index (χ4v) is 1.30. The van der Waals surface area contributed by atoms with E-state index in [4.69, 9.17) is 11.6 Å². The summed E-state index contributed by atoms with van der Waals surface area (Å²) in [6, 6.07) is 2.39. The van der Waals surface area contributed by atoms with Gasteiger partial charge in [-0.1, -0.05) is 11.6 Å². The van der Waals surface area contributed by atoms with Crippen LogP contribution >= 0.6 is 11.6 Å². The number of rotatable bonds is 3. The first-order chi connectivity index (χ1) is 6.15. The third-order valence-corrected chi connectivity index (χ3v) is 2.04. The van der Waals surface area contributed by atoms with Gasteiger partial charge in [0.1, 0.15) is 11.6 Å². The molecule has 1 aromatic rings. The Bertz CT molecular complexity index is 304. The van der Waals surface area contributed by atoms with Crippen molar-refractivity contribution in [3.63, 3.8) is 0 Å². The quantitative estimate of drug-likeness (QED) is 0.787. The van der Waals surface area contributed by atoms with Crippen molar-refractivity contribution in [1.82, 2.24) is 5.32 Å². The van der Waals surface area contributed by atoms with Crippen molar-refractivity contribution in [1.29, 1.82) is 0 Å². The van der Waals surface area contributed by atoms with Gasteiger partial charge in [0.25, 0.3) is 0 Å². The first-order valence-corrected chi connectivity index (χ1v) is 4.34. The molecule has 0 heterocycles. The SMILES string of the molecule is CNCCc1cc(F)cc(Cl)c1O. The van der Waals surface area contributed by atoms with E-state index in [0.29, 0.717) is 18.5 Å². The van der Waals surface area contributed by atoms with Crippen LogP contribution in [0, 0.1) is 5.82 Å². The van der Waals surface area contributed by atoms with Gasteiger partial charge in [-0.15, -0.1) is 0 Å². The first kappa shape index (κ1) is 10.3. The molecule has 0 unspecified atom stereocenters. The van der Waals surface area contributed by atoms with E-state index < -0.39 is 5.82 Å². The summed E-state index contributed by atoms with van der Waals surface area (Å²) in [7, 11) is 1.79. The fraction of sp³-hybridized carbons (Fsp3) is 0.333. The molecule has 0 aromatic heterocycles. The van der Waals surface area contributed by atoms with Crippen LogP contribution in [0.1, 0.15) is 5.56 Å². The molecule has 0 amide bonds. The highest BCUT2D eigenvalue weighted by Gasteiger charge is 2.07. The van der Waals surface area contributed by atoms with E-state index in [1.54, 1.807) is 7.05 Å². The molecule has 0 fully saturated rings. The maximum absolute atomic E-state index is 12.8. The standard InChI is InChI=1S/C9H11ClFNO/c1-12-3-2-6-4-7(11)5-8(10)9(6)13/h4-5,12-13H,2-3H2,1H3. The largest absolute Gasteiger partial charge is 0.506 e. The van der Waals surface area contributed by atoms with Crippen LogP contribution in [0.4, 0.5) is 4.39 Å². The number of hydrogen-bond acceptors (Lipinski definition) is 2. The number of benzene rings is 1. The zero-order chi connectivity index (χ0) is 9.84. The van der Waals surface area contributed by atoms with Crippen LogP contribution in [0.5, 0.6) is 5.75 Å². The fourth-order valence-electron chi connectivity index (χ4n) is 1.07. The van der Waals surface area contributed by atoms with Gasteiger partial charge in [-0.2, -0.15) is 0 Å². The molecule has 0 saturated heterocycles. The minimum absolute atomic E-state index is 0.0293. The van der Waals surface area contributed by atoms with E-state index >= 15 is 0 Å². The minimum atomic E-state index is -0.422. The number of phenols is 1. The van der Waals surface area contributed by atoms with Gasteiger partial charge in [0.05, 0.1) is 5.02 Å². The zero-order valence-corrected chi connectivity index (χ0v) is 8.03. The Morgan fingerprint density at radius 1 is 1.54 bits per heavy atom. The number of aromatic hydroxyl groups is 1. The molecule has 72 valence electrons. The smallest absolute Gasteiger partial charge is 0.137 e. The summed E-state index contributed by atoms with van der Waals surface area (Å²) >= 11 is 5.59. The van der Waals surface area contributed by atoms with Crippen molar-refractivity contribution in [2.75, 3.05) is 13.6 Å². The molecule has 0 aliphatic rings. The first-order valence-electron chi connectivity index (χ1n) is 3.96. The molecule has 0 aliphatic carbocycles. The molecular formula is C9H11ClFNO. The van der Waals surface area contributed by atoms with Crippen LogP contribution in [0.2, 0.25) is 5.02 Å². The zero-order valence-electron chi connectivity index (χ0n) is 7.27. The van der Waals surface area contributed by atoms with Gasteiger partial charge in [-0.3, -0.25) is 0 Å². The number of likely N-dealkylation sites (N-methyl/N-ethyl adjacent to an activating group) is 1. The average molecular weight is 204 g/mol. The summed E-state index contributed by atoms with van der Waals surface area (Å²) in [6.07, 6.45) is 0.555. The summed E-state index contributed by atoms with van der Waals surface area (Å²) in [6.45, 7) is 0.674. The minimum Gasteiger partial charge on any atom is -0.506 e. The Labute approximate surface area is 81.3 Å². The highest BCUT2D eigenvalue weighted by Crippen LogP contribution is 2.28. The topological polar surface area (TPSA) is 32.3 Å². The summed E-state index contributed by atoms with van der Waals surface area (Å²) in [4.78, 5) is 0. The highest BCUT2D eigenvalue weighted by molar-refractivity contribution is 6.32. The Morgan fingerprint density at radius 2 is 2.23 bits per heavy atom. The van der Waals surface area contributed by atoms with Crippen LogP contribution in [0.15, 0.2) is 12.1 Å². The monoisotopic (exact) mass is 203 g/mol. The molecule has 0 spiro atoms. The second kappa shape index (κ2) is 4.44. The van der Waals surface area contributed by atoms with Crippen molar-refractivity contribution >= 4 is 11.6 Å². The molecule has 0 aliphatic heterocycles. The second-order valence-corrected chi connectivity index (χ2v) is 3.16. The van der Waals surface area contributed by atoms with Crippen molar-refractivity contribution < 1.29 is 9.50 Å². The van der Waals surface area contributed by atoms with Crippen LogP contribution in [0.25, 0.3) is 0 Å². The van der Waals surface area contributed by atoms with Gasteiger partial charge in [0.15, 0.2) is 0 Å². The van der Waals surface area contributed by atoms with Crippen molar-refractivity contribution in [3.05, 3.63) is 28.5 Å². The molecule has 4 heteroatoms. The molecule has 0 bridgehead atoms. The summed E-state index contributed by atoms with van der Waals surface area (Å²) in [5.41, 5.74) is 0.527. The van der Waals surface area contributed by atoms with E-state index in [2.05, 4.69) is 5.32 Å². The summed E-state index contributed by atoms with van der Waals surface area (Å²) in [5, 5.41) is 12.4. The lowest BCUT2D eigenvalue weighted by molar-refractivity contribution is 0.465. The van der Waals surface area contributed by atoms with Gasteiger partial charge in [0, 0.05) is 0 Å². The molecule has 0 atom stereocenters. The molecule has 2 nitrogen and oxygen atoms in total. The van der Waals surface area contributed by atoms with Gasteiger partial charge in [-0.25, -0.2) is 4.39 Å². The van der Waals surface area contributed by atoms with E-state index in [-0.39, 0.29) is 10.8 Å². The van der Waals surface area contributed by atoms with E-state index in [9.17, 15) is 9.50 Å². The van der Waals surface area contributed by atoms with Gasteiger partial charge in [0.2, 0.25) is 0 Å². The molecule has 0 radical (unpaired) electrons. The third-order valence-electron chi connectivity index (χ3n) is 1.75. The van der Waals surface area contributed by atoms with Crippen LogP contribution in [-0.2, 0) is 6.42 Å². The van der Waals surface area contributed by atoms with Crippen molar-refractivity contribution in [3.8, 4) is 5.75 Å². The van der Waals surface area contributed by atoms with Crippen molar-refractivity contribution in [2.24, 2.45) is 0 Å². The lowest BCUT2D eigenvalue weighted by atomic mass is 10.1. The normalized spacial score (nSPS) is 10.4. The molecular weight excluding hydrogens is 193 g/mol. The summed E-state index contributed by atoms with van der Waals surface area (Å²) < 4.78 is 12.8. The number of halogens is 2. The molecule has 13 heavy (non-hydrogen) atoms.